The summed E-state index contributed by atoms with van der Waals surface area (Å²) in [5, 5.41) is 13.3. The summed E-state index contributed by atoms with van der Waals surface area (Å²) in [5.41, 5.74) is 0. The summed E-state index contributed by atoms with van der Waals surface area (Å²) in [7, 11) is 0. The summed E-state index contributed by atoms with van der Waals surface area (Å²) in [4.78, 5) is 12.1. The molecule has 4 nitrogen and oxygen atoms in total. The molecule has 1 aliphatic carbocycles. The van der Waals surface area contributed by atoms with Gasteiger partial charge in [0.2, 0.25) is 0 Å². The van der Waals surface area contributed by atoms with Gasteiger partial charge in [-0.15, -0.1) is 0 Å². The highest BCUT2D eigenvalue weighted by Gasteiger charge is 2.24. The zero-order valence-electron chi connectivity index (χ0n) is 11.8. The molecule has 1 amide bonds. The monoisotopic (exact) mass is 331 g/mol. The van der Waals surface area contributed by atoms with Gasteiger partial charge in [0.25, 0.3) is 5.91 Å². The summed E-state index contributed by atoms with van der Waals surface area (Å²) in [6, 6.07) is 4.99. The summed E-state index contributed by atoms with van der Waals surface area (Å²) >= 11 is 11.8. The number of carbonyl (C=O) groups is 1. The summed E-state index contributed by atoms with van der Waals surface area (Å²) in [5.74, 6) is 0.255. The van der Waals surface area contributed by atoms with Crippen molar-refractivity contribution in [2.24, 2.45) is 0 Å². The third-order valence-electron chi connectivity index (χ3n) is 3.61. The summed E-state index contributed by atoms with van der Waals surface area (Å²) in [6.07, 6.45) is 2.16. The molecular weight excluding hydrogens is 313 g/mol. The molecule has 6 heteroatoms. The fourth-order valence-corrected chi connectivity index (χ4v) is 2.81. The standard InChI is InChI=1S/C15H19Cl2NO3/c1-9(21-14-7-2-10(16)8-13(14)17)15(20)18-11-3-5-12(19)6-4-11/h2,7-9,11-12,19H,3-6H2,1H3,(H,18,20). The highest BCUT2D eigenvalue weighted by atomic mass is 35.5. The van der Waals surface area contributed by atoms with Gasteiger partial charge in [-0.25, -0.2) is 0 Å². The normalized spacial score (nSPS) is 23.4. The molecule has 1 aliphatic rings. The molecule has 1 unspecified atom stereocenters. The summed E-state index contributed by atoms with van der Waals surface area (Å²) < 4.78 is 5.57. The number of ether oxygens (including phenoxy) is 1. The fourth-order valence-electron chi connectivity index (χ4n) is 2.35. The first-order chi connectivity index (χ1) is 9.95. The molecule has 0 aromatic heterocycles. The molecular formula is C15H19Cl2NO3. The quantitative estimate of drug-likeness (QED) is 0.890. The molecule has 116 valence electrons. The average Bonchev–Trinajstić information content (AvgIpc) is 2.44. The van der Waals surface area contributed by atoms with Gasteiger partial charge in [-0.1, -0.05) is 23.2 Å². The van der Waals surface area contributed by atoms with Crippen molar-refractivity contribution in [3.05, 3.63) is 28.2 Å². The Morgan fingerprint density at radius 2 is 2.00 bits per heavy atom. The van der Waals surface area contributed by atoms with Gasteiger partial charge in [0, 0.05) is 11.1 Å². The van der Waals surface area contributed by atoms with Crippen LogP contribution in [0.5, 0.6) is 5.75 Å². The van der Waals surface area contributed by atoms with E-state index in [1.54, 1.807) is 25.1 Å². The summed E-state index contributed by atoms with van der Waals surface area (Å²) in [6.45, 7) is 1.68. The largest absolute Gasteiger partial charge is 0.479 e. The first kappa shape index (κ1) is 16.4. The van der Waals surface area contributed by atoms with Crippen LogP contribution < -0.4 is 10.1 Å². The minimum absolute atomic E-state index is 0.104. The van der Waals surface area contributed by atoms with Crippen LogP contribution in [0.25, 0.3) is 0 Å². The lowest BCUT2D eigenvalue weighted by Gasteiger charge is -2.27. The second-order valence-electron chi connectivity index (χ2n) is 5.35. The molecule has 1 fully saturated rings. The van der Waals surface area contributed by atoms with Gasteiger partial charge in [-0.05, 0) is 50.8 Å². The van der Waals surface area contributed by atoms with Crippen LogP contribution in [-0.2, 0) is 4.79 Å². The van der Waals surface area contributed by atoms with Crippen LogP contribution in [0, 0.1) is 0 Å². The Hall–Kier alpha value is -0.970. The number of nitrogens with one attached hydrogen (secondary N) is 1. The van der Waals surface area contributed by atoms with Crippen LogP contribution in [-0.4, -0.2) is 29.3 Å². The molecule has 1 atom stereocenters. The Morgan fingerprint density at radius 1 is 1.33 bits per heavy atom. The van der Waals surface area contributed by atoms with Crippen molar-refractivity contribution in [2.45, 2.75) is 50.9 Å². The van der Waals surface area contributed by atoms with E-state index in [1.165, 1.54) is 0 Å². The van der Waals surface area contributed by atoms with Crippen molar-refractivity contribution in [1.82, 2.24) is 5.32 Å². The van der Waals surface area contributed by atoms with E-state index in [0.717, 1.165) is 25.7 Å². The van der Waals surface area contributed by atoms with Crippen LogP contribution in [0.2, 0.25) is 10.0 Å². The molecule has 0 heterocycles. The van der Waals surface area contributed by atoms with Crippen LogP contribution in [0.15, 0.2) is 18.2 Å². The van der Waals surface area contributed by atoms with E-state index >= 15 is 0 Å². The van der Waals surface area contributed by atoms with Crippen LogP contribution in [0.1, 0.15) is 32.6 Å². The molecule has 0 radical (unpaired) electrons. The second-order valence-corrected chi connectivity index (χ2v) is 6.19. The van der Waals surface area contributed by atoms with Gasteiger partial charge in [-0.3, -0.25) is 4.79 Å². The lowest BCUT2D eigenvalue weighted by molar-refractivity contribution is -0.128. The van der Waals surface area contributed by atoms with Gasteiger partial charge >= 0.3 is 0 Å². The first-order valence-corrected chi connectivity index (χ1v) is 7.81. The van der Waals surface area contributed by atoms with E-state index < -0.39 is 6.10 Å². The van der Waals surface area contributed by atoms with Crippen molar-refractivity contribution < 1.29 is 14.6 Å². The number of hydrogen-bond donors (Lipinski definition) is 2. The smallest absolute Gasteiger partial charge is 0.260 e. The van der Waals surface area contributed by atoms with Gasteiger partial charge in [0.1, 0.15) is 5.75 Å². The molecule has 2 rings (SSSR count). The Morgan fingerprint density at radius 3 is 2.62 bits per heavy atom. The van der Waals surface area contributed by atoms with Crippen LogP contribution in [0.3, 0.4) is 0 Å². The third kappa shape index (κ3) is 4.77. The van der Waals surface area contributed by atoms with E-state index in [2.05, 4.69) is 5.32 Å². The maximum atomic E-state index is 12.1. The van der Waals surface area contributed by atoms with Crippen molar-refractivity contribution in [1.29, 1.82) is 0 Å². The van der Waals surface area contributed by atoms with Crippen LogP contribution in [0.4, 0.5) is 0 Å². The molecule has 1 aromatic rings. The van der Waals surface area contributed by atoms with E-state index in [-0.39, 0.29) is 18.1 Å². The Balaban J connectivity index is 1.87. The molecule has 2 N–H and O–H groups in total. The van der Waals surface area contributed by atoms with Crippen LogP contribution >= 0.6 is 23.2 Å². The lowest BCUT2D eigenvalue weighted by atomic mass is 9.93. The van der Waals surface area contributed by atoms with Crippen molar-refractivity contribution in [3.63, 3.8) is 0 Å². The lowest BCUT2D eigenvalue weighted by Crippen LogP contribution is -2.44. The van der Waals surface area contributed by atoms with Gasteiger partial charge < -0.3 is 15.2 Å². The van der Waals surface area contributed by atoms with E-state index in [1.807, 2.05) is 0 Å². The van der Waals surface area contributed by atoms with E-state index in [9.17, 15) is 9.90 Å². The Labute approximate surface area is 134 Å². The fraction of sp³-hybridized carbons (Fsp3) is 0.533. The van der Waals surface area contributed by atoms with Gasteiger partial charge in [-0.2, -0.15) is 0 Å². The number of rotatable bonds is 4. The molecule has 1 aromatic carbocycles. The molecule has 0 saturated heterocycles. The topological polar surface area (TPSA) is 58.6 Å². The number of amides is 1. The zero-order valence-corrected chi connectivity index (χ0v) is 13.3. The minimum Gasteiger partial charge on any atom is -0.479 e. The predicted molar refractivity (Wildman–Crippen MR) is 83.0 cm³/mol. The maximum absolute atomic E-state index is 12.1. The molecule has 1 saturated carbocycles. The highest BCUT2D eigenvalue weighted by Crippen LogP contribution is 2.28. The predicted octanol–water partition coefficient (Wildman–Crippen LogP) is 3.18. The van der Waals surface area contributed by atoms with Gasteiger partial charge in [0.05, 0.1) is 11.1 Å². The van der Waals surface area contributed by atoms with Gasteiger partial charge in [0.15, 0.2) is 6.10 Å². The van der Waals surface area contributed by atoms with Crippen molar-refractivity contribution in [2.75, 3.05) is 0 Å². The third-order valence-corrected chi connectivity index (χ3v) is 4.14. The number of aliphatic hydroxyl groups excluding tert-OH is 1. The van der Waals surface area contributed by atoms with Crippen molar-refractivity contribution >= 4 is 29.1 Å². The zero-order chi connectivity index (χ0) is 15.4. The molecule has 0 bridgehead atoms. The highest BCUT2D eigenvalue weighted by molar-refractivity contribution is 6.35. The molecule has 0 aliphatic heterocycles. The number of hydrogen-bond acceptors (Lipinski definition) is 3. The number of carbonyl (C=O) groups excluding carboxylic acids is 1. The second kappa shape index (κ2) is 7.34. The number of benzene rings is 1. The Bertz CT molecular complexity index is 502. The minimum atomic E-state index is -0.643. The maximum Gasteiger partial charge on any atom is 0.260 e. The number of halogens is 2. The van der Waals surface area contributed by atoms with E-state index in [4.69, 9.17) is 27.9 Å². The SMILES string of the molecule is CC(Oc1ccc(Cl)cc1Cl)C(=O)NC1CCC(O)CC1. The van der Waals surface area contributed by atoms with E-state index in [0.29, 0.717) is 15.8 Å². The first-order valence-electron chi connectivity index (χ1n) is 7.06. The molecule has 21 heavy (non-hydrogen) atoms. The molecule has 0 spiro atoms. The Kier molecular flexibility index (Phi) is 5.73. The average molecular weight is 332 g/mol. The van der Waals surface area contributed by atoms with Crippen molar-refractivity contribution in [3.8, 4) is 5.75 Å². The number of aliphatic hydroxyl groups is 1.